The molecule has 0 unspecified atom stereocenters. The van der Waals surface area contributed by atoms with Crippen molar-refractivity contribution < 1.29 is 14.3 Å². The summed E-state index contributed by atoms with van der Waals surface area (Å²) in [7, 11) is 0. The van der Waals surface area contributed by atoms with Crippen molar-refractivity contribution in [3.8, 4) is 0 Å². The van der Waals surface area contributed by atoms with E-state index in [9.17, 15) is 4.79 Å². The lowest BCUT2D eigenvalue weighted by atomic mass is 10.3. The third kappa shape index (κ3) is 2.41. The summed E-state index contributed by atoms with van der Waals surface area (Å²) in [6, 6.07) is 6.86. The average Bonchev–Trinajstić information content (AvgIpc) is 2.70. The van der Waals surface area contributed by atoms with Gasteiger partial charge in [0.25, 0.3) is 5.91 Å². The fourth-order valence-electron chi connectivity index (χ4n) is 1.12. The van der Waals surface area contributed by atoms with Gasteiger partial charge in [0.2, 0.25) is 12.6 Å². The molecule has 0 spiro atoms. The first-order valence-corrected chi connectivity index (χ1v) is 4.65. The van der Waals surface area contributed by atoms with Gasteiger partial charge >= 0.3 is 0 Å². The summed E-state index contributed by atoms with van der Waals surface area (Å²) in [4.78, 5) is 11.5. The number of ether oxygens (including phenoxy) is 2. The van der Waals surface area contributed by atoms with Crippen molar-refractivity contribution in [3.63, 3.8) is 0 Å². The molecule has 1 aliphatic rings. The highest BCUT2D eigenvalue weighted by Gasteiger charge is 2.15. The van der Waals surface area contributed by atoms with Crippen LogP contribution in [0, 0.1) is 0 Å². The van der Waals surface area contributed by atoms with Crippen molar-refractivity contribution in [1.29, 1.82) is 0 Å². The Morgan fingerprint density at radius 3 is 3.00 bits per heavy atom. The zero-order valence-corrected chi connectivity index (χ0v) is 8.45. The van der Waals surface area contributed by atoms with Crippen LogP contribution in [0.3, 0.4) is 0 Å². The molecule has 0 saturated heterocycles. The molecule has 0 aromatic heterocycles. The average molecular weight is 226 g/mol. The van der Waals surface area contributed by atoms with E-state index in [0.29, 0.717) is 10.7 Å². The van der Waals surface area contributed by atoms with E-state index in [1.807, 2.05) is 0 Å². The Labute approximate surface area is 91.4 Å². The van der Waals surface area contributed by atoms with Gasteiger partial charge in [-0.15, -0.1) is 0 Å². The monoisotopic (exact) mass is 225 g/mol. The molecule has 0 fully saturated rings. The summed E-state index contributed by atoms with van der Waals surface area (Å²) in [5, 5.41) is 3.19. The summed E-state index contributed by atoms with van der Waals surface area (Å²) < 4.78 is 9.68. The molecule has 1 amide bonds. The van der Waals surface area contributed by atoms with Gasteiger partial charge in [0.05, 0.1) is 0 Å². The summed E-state index contributed by atoms with van der Waals surface area (Å²) in [5.74, 6) is -0.190. The van der Waals surface area contributed by atoms with Crippen LogP contribution in [0.1, 0.15) is 0 Å². The summed E-state index contributed by atoms with van der Waals surface area (Å²) in [5.41, 5.74) is 0.615. The van der Waals surface area contributed by atoms with Crippen molar-refractivity contribution in [2.24, 2.45) is 0 Å². The molecule has 4 nitrogen and oxygen atoms in total. The van der Waals surface area contributed by atoms with E-state index in [0.717, 1.165) is 0 Å². The number of carbonyl (C=O) groups is 1. The summed E-state index contributed by atoms with van der Waals surface area (Å²) in [6.45, 7) is 0.0816. The fourth-order valence-corrected chi connectivity index (χ4v) is 1.31. The van der Waals surface area contributed by atoms with Crippen molar-refractivity contribution in [1.82, 2.24) is 0 Å². The smallest absolute Gasteiger partial charge is 0.294 e. The summed E-state index contributed by atoms with van der Waals surface area (Å²) >= 11 is 5.77. The van der Waals surface area contributed by atoms with Gasteiger partial charge in [-0.2, -0.15) is 0 Å². The number of hydrogen-bond acceptors (Lipinski definition) is 3. The predicted octanol–water partition coefficient (Wildman–Crippen LogP) is 2.12. The fraction of sp³-hybridized carbons (Fsp3) is 0.100. The highest BCUT2D eigenvalue weighted by atomic mass is 35.5. The molecule has 0 aliphatic carbocycles. The van der Waals surface area contributed by atoms with Crippen LogP contribution < -0.4 is 5.32 Å². The number of anilines is 1. The maximum Gasteiger partial charge on any atom is 0.294 e. The molecule has 1 aliphatic heterocycles. The number of halogens is 1. The maximum atomic E-state index is 11.5. The number of nitrogens with one attached hydrogen (secondary N) is 1. The summed E-state index contributed by atoms with van der Waals surface area (Å²) in [6.07, 6.45) is 1.28. The lowest BCUT2D eigenvalue weighted by Crippen LogP contribution is -2.14. The number of carbonyl (C=O) groups excluding carboxylic acids is 1. The van der Waals surface area contributed by atoms with E-state index in [1.165, 1.54) is 6.26 Å². The number of benzene rings is 1. The van der Waals surface area contributed by atoms with E-state index in [1.54, 1.807) is 24.3 Å². The molecule has 5 heteroatoms. The molecule has 78 valence electrons. The normalized spacial score (nSPS) is 13.8. The Kier molecular flexibility index (Phi) is 2.78. The Hall–Kier alpha value is -1.68. The predicted molar refractivity (Wildman–Crippen MR) is 55.2 cm³/mol. The second-order valence-electron chi connectivity index (χ2n) is 2.88. The van der Waals surface area contributed by atoms with Crippen molar-refractivity contribution in [3.05, 3.63) is 41.3 Å². The molecule has 15 heavy (non-hydrogen) atoms. The second-order valence-corrected chi connectivity index (χ2v) is 3.31. The van der Waals surface area contributed by atoms with Crippen molar-refractivity contribution in [2.45, 2.75) is 0 Å². The Balaban J connectivity index is 2.05. The first kappa shape index (κ1) is 9.86. The number of amides is 1. The number of hydrogen-bond donors (Lipinski definition) is 1. The van der Waals surface area contributed by atoms with E-state index < -0.39 is 0 Å². The minimum atomic E-state index is -0.352. The Morgan fingerprint density at radius 1 is 1.47 bits per heavy atom. The minimum Gasteiger partial charge on any atom is -0.461 e. The van der Waals surface area contributed by atoms with E-state index in [2.05, 4.69) is 5.32 Å². The quantitative estimate of drug-likeness (QED) is 0.839. The molecule has 1 N–H and O–H groups in total. The Bertz CT molecular complexity index is 417. The van der Waals surface area contributed by atoms with Crippen LogP contribution in [0.4, 0.5) is 5.69 Å². The van der Waals surface area contributed by atoms with Gasteiger partial charge in [0, 0.05) is 10.7 Å². The minimum absolute atomic E-state index is 0.0816. The van der Waals surface area contributed by atoms with Gasteiger partial charge in [-0.3, -0.25) is 4.79 Å². The Morgan fingerprint density at radius 2 is 2.33 bits per heavy atom. The van der Waals surface area contributed by atoms with E-state index >= 15 is 0 Å². The highest BCUT2D eigenvalue weighted by Crippen LogP contribution is 2.16. The van der Waals surface area contributed by atoms with Gasteiger partial charge in [-0.05, 0) is 18.2 Å². The lowest BCUT2D eigenvalue weighted by molar-refractivity contribution is -0.116. The SMILES string of the molecule is O=C(Nc1cccc(Cl)c1)C1=COCO1. The molecule has 1 aromatic carbocycles. The number of rotatable bonds is 2. The van der Waals surface area contributed by atoms with Crippen LogP contribution in [0.25, 0.3) is 0 Å². The zero-order valence-electron chi connectivity index (χ0n) is 7.70. The largest absolute Gasteiger partial charge is 0.461 e. The molecular formula is C10H8ClNO3. The molecule has 0 atom stereocenters. The van der Waals surface area contributed by atoms with Gasteiger partial charge in [-0.25, -0.2) is 0 Å². The third-order valence-corrected chi connectivity index (χ3v) is 2.01. The molecule has 0 saturated carbocycles. The molecule has 1 heterocycles. The maximum absolute atomic E-state index is 11.5. The molecule has 1 aromatic rings. The standard InChI is InChI=1S/C10H8ClNO3/c11-7-2-1-3-8(4-7)12-10(13)9-5-14-6-15-9/h1-5H,6H2,(H,12,13). The molecule has 0 bridgehead atoms. The van der Waals surface area contributed by atoms with Crippen LogP contribution in [-0.2, 0) is 14.3 Å². The first-order valence-electron chi connectivity index (χ1n) is 4.27. The van der Waals surface area contributed by atoms with Crippen LogP contribution in [0.15, 0.2) is 36.3 Å². The van der Waals surface area contributed by atoms with E-state index in [-0.39, 0.29) is 18.5 Å². The van der Waals surface area contributed by atoms with Crippen LogP contribution in [0.5, 0.6) is 0 Å². The van der Waals surface area contributed by atoms with Gasteiger partial charge in [-0.1, -0.05) is 17.7 Å². The first-order chi connectivity index (χ1) is 7.25. The van der Waals surface area contributed by atoms with Crippen LogP contribution >= 0.6 is 11.6 Å². The molecule has 2 rings (SSSR count). The topological polar surface area (TPSA) is 47.6 Å². The van der Waals surface area contributed by atoms with Crippen molar-refractivity contribution in [2.75, 3.05) is 12.1 Å². The van der Waals surface area contributed by atoms with Crippen molar-refractivity contribution >= 4 is 23.2 Å². The molecular weight excluding hydrogens is 218 g/mol. The van der Waals surface area contributed by atoms with Crippen LogP contribution in [0.2, 0.25) is 5.02 Å². The molecule has 0 radical (unpaired) electrons. The van der Waals surface area contributed by atoms with E-state index in [4.69, 9.17) is 21.1 Å². The van der Waals surface area contributed by atoms with Crippen LogP contribution in [-0.4, -0.2) is 12.7 Å². The lowest BCUT2D eigenvalue weighted by Gasteiger charge is -2.04. The van der Waals surface area contributed by atoms with Gasteiger partial charge in [0.15, 0.2) is 0 Å². The highest BCUT2D eigenvalue weighted by molar-refractivity contribution is 6.30. The second kappa shape index (κ2) is 4.23. The zero-order chi connectivity index (χ0) is 10.7. The third-order valence-electron chi connectivity index (χ3n) is 1.78. The van der Waals surface area contributed by atoms with Gasteiger partial charge in [0.1, 0.15) is 6.26 Å². The van der Waals surface area contributed by atoms with Gasteiger partial charge < -0.3 is 14.8 Å².